The maximum absolute atomic E-state index is 13.2. The molecular formula is C17H15FN2O2S. The number of fused-ring (bicyclic) bond motifs is 1. The number of benzene rings is 1. The molecule has 0 saturated carbocycles. The molecule has 3 aromatic rings. The highest BCUT2D eigenvalue weighted by molar-refractivity contribution is 7.19. The lowest BCUT2D eigenvalue weighted by molar-refractivity contribution is 0.0952. The Bertz CT molecular complexity index is 959. The number of hydrogen-bond acceptors (Lipinski definition) is 3. The molecule has 3 rings (SSSR count). The molecule has 0 radical (unpaired) electrons. The number of thiophene rings is 1. The van der Waals surface area contributed by atoms with Crippen LogP contribution in [0.5, 0.6) is 0 Å². The summed E-state index contributed by atoms with van der Waals surface area (Å²) in [6.07, 6.45) is 1.69. The van der Waals surface area contributed by atoms with Gasteiger partial charge in [-0.15, -0.1) is 11.3 Å². The Morgan fingerprint density at radius 3 is 2.87 bits per heavy atom. The number of nitrogens with zero attached hydrogens (tertiary/aromatic N) is 1. The number of carbonyl (C=O) groups is 1. The average molecular weight is 330 g/mol. The quantitative estimate of drug-likeness (QED) is 0.803. The molecule has 0 aliphatic heterocycles. The van der Waals surface area contributed by atoms with E-state index in [1.165, 1.54) is 28.0 Å². The maximum atomic E-state index is 13.2. The first kappa shape index (κ1) is 15.4. The van der Waals surface area contributed by atoms with Crippen LogP contribution >= 0.6 is 11.3 Å². The van der Waals surface area contributed by atoms with Crippen molar-refractivity contribution in [2.24, 2.45) is 7.05 Å². The Morgan fingerprint density at radius 2 is 2.13 bits per heavy atom. The van der Waals surface area contributed by atoms with E-state index in [4.69, 9.17) is 0 Å². The Kier molecular flexibility index (Phi) is 4.00. The van der Waals surface area contributed by atoms with Crippen LogP contribution in [-0.2, 0) is 13.6 Å². The molecule has 1 N–H and O–H groups in total. The molecule has 0 aliphatic rings. The van der Waals surface area contributed by atoms with Crippen molar-refractivity contribution in [2.75, 3.05) is 0 Å². The number of aryl methyl sites for hydroxylation is 2. The second-order valence-corrected chi connectivity index (χ2v) is 6.57. The zero-order valence-electron chi connectivity index (χ0n) is 12.7. The minimum atomic E-state index is -0.345. The summed E-state index contributed by atoms with van der Waals surface area (Å²) in [5, 5.41) is 3.20. The van der Waals surface area contributed by atoms with Gasteiger partial charge in [0.1, 0.15) is 5.82 Å². The standard InChI is InChI=1S/C17H15FN2O2S/c1-10-14(15-13(23-10)6-7-20(2)17(15)22)16(21)19-9-11-4-3-5-12(18)8-11/h3-8H,9H2,1-2H3,(H,19,21). The predicted octanol–water partition coefficient (Wildman–Crippen LogP) is 2.98. The molecule has 0 fully saturated rings. The fourth-order valence-electron chi connectivity index (χ4n) is 2.51. The predicted molar refractivity (Wildman–Crippen MR) is 89.4 cm³/mol. The number of halogens is 1. The van der Waals surface area contributed by atoms with Crippen molar-refractivity contribution in [3.8, 4) is 0 Å². The molecule has 2 aromatic heterocycles. The van der Waals surface area contributed by atoms with E-state index < -0.39 is 0 Å². The Morgan fingerprint density at radius 1 is 1.35 bits per heavy atom. The monoisotopic (exact) mass is 330 g/mol. The fraction of sp³-hybridized carbons (Fsp3) is 0.176. The van der Waals surface area contributed by atoms with Crippen LogP contribution in [0, 0.1) is 12.7 Å². The number of nitrogens with one attached hydrogen (secondary N) is 1. The summed E-state index contributed by atoms with van der Waals surface area (Å²) in [5.41, 5.74) is 0.883. The van der Waals surface area contributed by atoms with Crippen LogP contribution in [0.4, 0.5) is 4.39 Å². The third kappa shape index (κ3) is 2.90. The molecule has 0 atom stereocenters. The van der Waals surface area contributed by atoms with Gasteiger partial charge < -0.3 is 9.88 Å². The van der Waals surface area contributed by atoms with Crippen molar-refractivity contribution in [2.45, 2.75) is 13.5 Å². The Balaban J connectivity index is 1.93. The van der Waals surface area contributed by atoms with Gasteiger partial charge >= 0.3 is 0 Å². The molecule has 6 heteroatoms. The largest absolute Gasteiger partial charge is 0.348 e. The minimum Gasteiger partial charge on any atom is -0.348 e. The first-order valence-corrected chi connectivity index (χ1v) is 7.90. The zero-order chi connectivity index (χ0) is 16.6. The van der Waals surface area contributed by atoms with Gasteiger partial charge in [0.15, 0.2) is 0 Å². The number of rotatable bonds is 3. The topological polar surface area (TPSA) is 51.1 Å². The van der Waals surface area contributed by atoms with Crippen molar-refractivity contribution in [3.63, 3.8) is 0 Å². The van der Waals surface area contributed by atoms with Gasteiger partial charge in [-0.25, -0.2) is 4.39 Å². The summed E-state index contributed by atoms with van der Waals surface area (Å²) in [7, 11) is 1.66. The van der Waals surface area contributed by atoms with Crippen molar-refractivity contribution in [1.29, 1.82) is 0 Å². The van der Waals surface area contributed by atoms with E-state index in [9.17, 15) is 14.0 Å². The summed E-state index contributed by atoms with van der Waals surface area (Å²) in [5.74, 6) is -0.663. The van der Waals surface area contributed by atoms with E-state index in [0.29, 0.717) is 16.5 Å². The maximum Gasteiger partial charge on any atom is 0.259 e. The molecule has 0 bridgehead atoms. The molecule has 0 saturated heterocycles. The molecule has 118 valence electrons. The summed E-state index contributed by atoms with van der Waals surface area (Å²) < 4.78 is 15.4. The lowest BCUT2D eigenvalue weighted by Gasteiger charge is -2.06. The lowest BCUT2D eigenvalue weighted by Crippen LogP contribution is -2.25. The fourth-order valence-corrected chi connectivity index (χ4v) is 3.56. The number of amides is 1. The minimum absolute atomic E-state index is 0.192. The Labute approximate surface area is 136 Å². The van der Waals surface area contributed by atoms with Crippen molar-refractivity contribution < 1.29 is 9.18 Å². The highest BCUT2D eigenvalue weighted by Crippen LogP contribution is 2.28. The Hall–Kier alpha value is -2.47. The molecule has 4 nitrogen and oxygen atoms in total. The number of aromatic nitrogens is 1. The van der Waals surface area contributed by atoms with E-state index in [1.54, 1.807) is 25.4 Å². The summed E-state index contributed by atoms with van der Waals surface area (Å²) in [6, 6.07) is 7.89. The zero-order valence-corrected chi connectivity index (χ0v) is 13.5. The van der Waals surface area contributed by atoms with Gasteiger partial charge in [-0.1, -0.05) is 12.1 Å². The molecule has 2 heterocycles. The smallest absolute Gasteiger partial charge is 0.259 e. The van der Waals surface area contributed by atoms with Crippen LogP contribution < -0.4 is 10.9 Å². The third-order valence-corrected chi connectivity index (χ3v) is 4.73. The van der Waals surface area contributed by atoms with E-state index in [0.717, 1.165) is 9.58 Å². The molecule has 1 aromatic carbocycles. The number of carbonyl (C=O) groups excluding carboxylic acids is 1. The molecular weight excluding hydrogens is 315 g/mol. The average Bonchev–Trinajstić information content (AvgIpc) is 2.86. The second-order valence-electron chi connectivity index (χ2n) is 5.32. The first-order chi connectivity index (χ1) is 11.0. The van der Waals surface area contributed by atoms with Crippen molar-refractivity contribution in [3.05, 3.63) is 68.7 Å². The van der Waals surface area contributed by atoms with Gasteiger partial charge in [-0.3, -0.25) is 9.59 Å². The molecule has 1 amide bonds. The first-order valence-electron chi connectivity index (χ1n) is 7.08. The second kappa shape index (κ2) is 5.96. The molecule has 0 unspecified atom stereocenters. The summed E-state index contributed by atoms with van der Waals surface area (Å²) >= 11 is 1.42. The van der Waals surface area contributed by atoms with Gasteiger partial charge in [0.05, 0.1) is 10.9 Å². The summed E-state index contributed by atoms with van der Waals surface area (Å²) in [6.45, 7) is 2.03. The summed E-state index contributed by atoms with van der Waals surface area (Å²) in [4.78, 5) is 25.6. The lowest BCUT2D eigenvalue weighted by atomic mass is 10.1. The molecule has 0 spiro atoms. The van der Waals surface area contributed by atoms with Crippen LogP contribution in [0.1, 0.15) is 20.8 Å². The van der Waals surface area contributed by atoms with Gasteiger partial charge in [0.25, 0.3) is 11.5 Å². The van der Waals surface area contributed by atoms with Gasteiger partial charge in [-0.2, -0.15) is 0 Å². The van der Waals surface area contributed by atoms with E-state index in [-0.39, 0.29) is 23.8 Å². The van der Waals surface area contributed by atoms with Gasteiger partial charge in [-0.05, 0) is 30.7 Å². The van der Waals surface area contributed by atoms with Gasteiger partial charge in [0, 0.05) is 29.4 Å². The number of hydrogen-bond donors (Lipinski definition) is 1. The number of pyridine rings is 1. The molecule has 23 heavy (non-hydrogen) atoms. The van der Waals surface area contributed by atoms with Crippen LogP contribution in [0.3, 0.4) is 0 Å². The SMILES string of the molecule is Cc1sc2ccn(C)c(=O)c2c1C(=O)NCc1cccc(F)c1. The van der Waals surface area contributed by atoms with Crippen LogP contribution in [0.15, 0.2) is 41.3 Å². The highest BCUT2D eigenvalue weighted by Gasteiger charge is 2.19. The van der Waals surface area contributed by atoms with E-state index in [1.807, 2.05) is 13.0 Å². The third-order valence-electron chi connectivity index (χ3n) is 3.66. The van der Waals surface area contributed by atoms with Crippen molar-refractivity contribution >= 4 is 27.3 Å². The molecule has 0 aliphatic carbocycles. The van der Waals surface area contributed by atoms with E-state index >= 15 is 0 Å². The van der Waals surface area contributed by atoms with Crippen LogP contribution in [0.2, 0.25) is 0 Å². The highest BCUT2D eigenvalue weighted by atomic mass is 32.1. The normalized spacial score (nSPS) is 10.9. The van der Waals surface area contributed by atoms with Gasteiger partial charge in [0.2, 0.25) is 0 Å². The van der Waals surface area contributed by atoms with Crippen LogP contribution in [-0.4, -0.2) is 10.5 Å². The van der Waals surface area contributed by atoms with E-state index in [2.05, 4.69) is 5.32 Å². The van der Waals surface area contributed by atoms with Crippen LogP contribution in [0.25, 0.3) is 10.1 Å². The van der Waals surface area contributed by atoms with Crippen molar-refractivity contribution in [1.82, 2.24) is 9.88 Å².